The van der Waals surface area contributed by atoms with Crippen LogP contribution in [0, 0.1) is 5.92 Å². The lowest BCUT2D eigenvalue weighted by molar-refractivity contribution is 0.571. The minimum Gasteiger partial charge on any atom is -0.0995 e. The maximum atomic E-state index is 4.22. The van der Waals surface area contributed by atoms with Gasteiger partial charge in [-0.1, -0.05) is 48.6 Å². The summed E-state index contributed by atoms with van der Waals surface area (Å²) in [6, 6.07) is 8.75. The van der Waals surface area contributed by atoms with Crippen molar-refractivity contribution in [3.8, 4) is 0 Å². The second-order valence-corrected chi connectivity index (χ2v) is 4.67. The third-order valence-corrected chi connectivity index (χ3v) is 3.81. The fourth-order valence-electron chi connectivity index (χ4n) is 3.00. The minimum atomic E-state index is 0.608. The highest BCUT2D eigenvalue weighted by atomic mass is 14.3. The van der Waals surface area contributed by atoms with Gasteiger partial charge in [0, 0.05) is 5.92 Å². The summed E-state index contributed by atoms with van der Waals surface area (Å²) in [5.41, 5.74) is 4.37. The lowest BCUT2D eigenvalue weighted by Crippen LogP contribution is -2.07. The van der Waals surface area contributed by atoms with Crippen molar-refractivity contribution in [3.05, 3.63) is 53.6 Å². The van der Waals surface area contributed by atoms with Crippen molar-refractivity contribution in [1.29, 1.82) is 0 Å². The van der Waals surface area contributed by atoms with Crippen molar-refractivity contribution in [2.24, 2.45) is 5.92 Å². The molecule has 1 fully saturated rings. The van der Waals surface area contributed by atoms with E-state index in [-0.39, 0.29) is 0 Å². The Balaban J connectivity index is 1.97. The molecular formula is C15H16. The largest absolute Gasteiger partial charge is 0.0995 e. The molecule has 2 aliphatic carbocycles. The quantitative estimate of drug-likeness (QED) is 0.592. The Bertz CT molecular complexity index is 425. The third kappa shape index (κ3) is 1.36. The van der Waals surface area contributed by atoms with Crippen LogP contribution in [0.1, 0.15) is 36.3 Å². The van der Waals surface area contributed by atoms with Crippen LogP contribution in [-0.4, -0.2) is 0 Å². The molecule has 1 saturated carbocycles. The molecule has 0 radical (unpaired) electrons. The highest BCUT2D eigenvalue weighted by Gasteiger charge is 2.30. The molecule has 15 heavy (non-hydrogen) atoms. The first-order chi connectivity index (χ1) is 7.36. The molecule has 0 spiro atoms. The number of hydrogen-bond donors (Lipinski definition) is 0. The summed E-state index contributed by atoms with van der Waals surface area (Å²) in [5.74, 6) is 1.31. The third-order valence-electron chi connectivity index (χ3n) is 3.81. The number of allylic oxidation sites excluding steroid dienone is 2. The topological polar surface area (TPSA) is 0 Å². The van der Waals surface area contributed by atoms with Gasteiger partial charge in [0.1, 0.15) is 0 Å². The molecule has 1 aromatic rings. The Morgan fingerprint density at radius 2 is 2.07 bits per heavy atom. The standard InChI is InChI=1S/C15H16/c1-11-5-4-8-13(11)15-10-9-12-6-2-3-7-14(12)15/h2-3,6-7,9-10,13,15H,1,4-5,8H2. The van der Waals surface area contributed by atoms with Crippen molar-refractivity contribution in [3.63, 3.8) is 0 Å². The number of benzene rings is 1. The summed E-state index contributed by atoms with van der Waals surface area (Å²) in [5, 5.41) is 0. The van der Waals surface area contributed by atoms with E-state index in [1.807, 2.05) is 0 Å². The van der Waals surface area contributed by atoms with Crippen molar-refractivity contribution < 1.29 is 0 Å². The van der Waals surface area contributed by atoms with Crippen LogP contribution in [0.3, 0.4) is 0 Å². The average Bonchev–Trinajstić information content (AvgIpc) is 2.83. The first-order valence-corrected chi connectivity index (χ1v) is 5.81. The van der Waals surface area contributed by atoms with Crippen LogP contribution >= 0.6 is 0 Å². The van der Waals surface area contributed by atoms with Crippen LogP contribution in [0.2, 0.25) is 0 Å². The highest BCUT2D eigenvalue weighted by molar-refractivity contribution is 5.63. The van der Waals surface area contributed by atoms with Gasteiger partial charge in [0.05, 0.1) is 0 Å². The Morgan fingerprint density at radius 1 is 1.20 bits per heavy atom. The van der Waals surface area contributed by atoms with Crippen molar-refractivity contribution in [1.82, 2.24) is 0 Å². The Labute approximate surface area is 91.3 Å². The van der Waals surface area contributed by atoms with Gasteiger partial charge in [0.15, 0.2) is 0 Å². The molecule has 2 unspecified atom stereocenters. The molecule has 0 heterocycles. The second kappa shape index (κ2) is 3.37. The minimum absolute atomic E-state index is 0.608. The zero-order valence-electron chi connectivity index (χ0n) is 8.95. The first-order valence-electron chi connectivity index (χ1n) is 5.81. The zero-order chi connectivity index (χ0) is 10.3. The van der Waals surface area contributed by atoms with Gasteiger partial charge in [-0.15, -0.1) is 0 Å². The summed E-state index contributed by atoms with van der Waals surface area (Å²) in [6.45, 7) is 4.22. The van der Waals surface area contributed by atoms with Crippen LogP contribution in [0.15, 0.2) is 42.5 Å². The second-order valence-electron chi connectivity index (χ2n) is 4.67. The predicted octanol–water partition coefficient (Wildman–Crippen LogP) is 4.15. The van der Waals surface area contributed by atoms with Crippen molar-refractivity contribution in [2.45, 2.75) is 25.2 Å². The molecule has 0 nitrogen and oxygen atoms in total. The monoisotopic (exact) mass is 196 g/mol. The molecule has 0 aromatic heterocycles. The van der Waals surface area contributed by atoms with Crippen LogP contribution in [0.25, 0.3) is 6.08 Å². The molecule has 2 aliphatic rings. The Hall–Kier alpha value is -1.30. The van der Waals surface area contributed by atoms with E-state index in [2.05, 4.69) is 43.0 Å². The molecule has 0 saturated heterocycles. The smallest absolute Gasteiger partial charge is 0.00926 e. The Kier molecular flexibility index (Phi) is 2.02. The predicted molar refractivity (Wildman–Crippen MR) is 64.7 cm³/mol. The highest BCUT2D eigenvalue weighted by Crippen LogP contribution is 2.44. The molecule has 0 amide bonds. The SMILES string of the molecule is C=C1CCCC1C1C=Cc2ccccc21. The lowest BCUT2D eigenvalue weighted by atomic mass is 9.84. The van der Waals surface area contributed by atoms with Crippen LogP contribution in [0.5, 0.6) is 0 Å². The van der Waals surface area contributed by atoms with Crippen LogP contribution in [0.4, 0.5) is 0 Å². The van der Waals surface area contributed by atoms with Crippen LogP contribution < -0.4 is 0 Å². The summed E-state index contributed by atoms with van der Waals surface area (Å²) in [6.07, 6.45) is 8.52. The van der Waals surface area contributed by atoms with Crippen molar-refractivity contribution >= 4 is 6.08 Å². The molecule has 0 heteroatoms. The molecule has 2 atom stereocenters. The van der Waals surface area contributed by atoms with Gasteiger partial charge in [0.25, 0.3) is 0 Å². The molecule has 0 N–H and O–H groups in total. The van der Waals surface area contributed by atoms with E-state index in [4.69, 9.17) is 0 Å². The number of rotatable bonds is 1. The van der Waals surface area contributed by atoms with Gasteiger partial charge in [-0.25, -0.2) is 0 Å². The lowest BCUT2D eigenvalue weighted by Gasteiger charge is -2.19. The van der Waals surface area contributed by atoms with Gasteiger partial charge < -0.3 is 0 Å². The summed E-state index contributed by atoms with van der Waals surface area (Å²) >= 11 is 0. The van der Waals surface area contributed by atoms with Crippen molar-refractivity contribution in [2.75, 3.05) is 0 Å². The molecule has 3 rings (SSSR count). The maximum absolute atomic E-state index is 4.22. The summed E-state index contributed by atoms with van der Waals surface area (Å²) in [7, 11) is 0. The maximum Gasteiger partial charge on any atom is 0.00926 e. The van der Waals surface area contributed by atoms with E-state index < -0.39 is 0 Å². The zero-order valence-corrected chi connectivity index (χ0v) is 8.95. The fraction of sp³-hybridized carbons (Fsp3) is 0.333. The summed E-state index contributed by atoms with van der Waals surface area (Å²) in [4.78, 5) is 0. The number of fused-ring (bicyclic) bond motifs is 1. The fourth-order valence-corrected chi connectivity index (χ4v) is 3.00. The normalized spacial score (nSPS) is 28.4. The molecular weight excluding hydrogens is 180 g/mol. The molecule has 0 aliphatic heterocycles. The van der Waals surface area contributed by atoms with E-state index in [0.29, 0.717) is 11.8 Å². The number of hydrogen-bond acceptors (Lipinski definition) is 0. The van der Waals surface area contributed by atoms with E-state index in [1.165, 1.54) is 36.0 Å². The molecule has 0 bridgehead atoms. The van der Waals surface area contributed by atoms with Gasteiger partial charge in [-0.05, 0) is 36.3 Å². The van der Waals surface area contributed by atoms with Crippen LogP contribution in [-0.2, 0) is 0 Å². The van der Waals surface area contributed by atoms with Gasteiger partial charge in [-0.2, -0.15) is 0 Å². The van der Waals surface area contributed by atoms with E-state index in [1.54, 1.807) is 0 Å². The van der Waals surface area contributed by atoms with E-state index in [9.17, 15) is 0 Å². The summed E-state index contributed by atoms with van der Waals surface area (Å²) < 4.78 is 0. The molecule has 1 aromatic carbocycles. The average molecular weight is 196 g/mol. The van der Waals surface area contributed by atoms with Gasteiger partial charge in [0.2, 0.25) is 0 Å². The Morgan fingerprint density at radius 3 is 2.87 bits per heavy atom. The van der Waals surface area contributed by atoms with Gasteiger partial charge in [-0.3, -0.25) is 0 Å². The molecule has 76 valence electrons. The first kappa shape index (κ1) is 8.96. The van der Waals surface area contributed by atoms with E-state index in [0.717, 1.165) is 0 Å². The van der Waals surface area contributed by atoms with E-state index >= 15 is 0 Å². The van der Waals surface area contributed by atoms with Gasteiger partial charge >= 0.3 is 0 Å².